The average Bonchev–Trinajstić information content (AvgIpc) is 2.81. The van der Waals surface area contributed by atoms with Crippen molar-refractivity contribution >= 4 is 11.6 Å². The molecule has 1 atom stereocenters. The SMILES string of the molecule is CCNC(=NCc1ccc(N2CCOCC2)c(F)c1)NCC1COc2ccccc2O1. The summed E-state index contributed by atoms with van der Waals surface area (Å²) < 4.78 is 31.7. The van der Waals surface area contributed by atoms with Crippen LogP contribution in [0.3, 0.4) is 0 Å². The van der Waals surface area contributed by atoms with Crippen LogP contribution in [-0.2, 0) is 11.3 Å². The van der Waals surface area contributed by atoms with E-state index in [1.54, 1.807) is 6.07 Å². The zero-order valence-electron chi connectivity index (χ0n) is 17.8. The fourth-order valence-electron chi connectivity index (χ4n) is 3.60. The molecule has 1 saturated heterocycles. The molecule has 1 fully saturated rings. The molecule has 0 amide bonds. The summed E-state index contributed by atoms with van der Waals surface area (Å²) in [6.45, 7) is 6.80. The van der Waals surface area contributed by atoms with Gasteiger partial charge in [-0.25, -0.2) is 9.38 Å². The molecule has 0 aliphatic carbocycles. The molecule has 7 nitrogen and oxygen atoms in total. The minimum absolute atomic E-state index is 0.121. The lowest BCUT2D eigenvalue weighted by Gasteiger charge is -2.29. The predicted molar refractivity (Wildman–Crippen MR) is 119 cm³/mol. The van der Waals surface area contributed by atoms with Crippen molar-refractivity contribution in [2.45, 2.75) is 19.6 Å². The monoisotopic (exact) mass is 428 g/mol. The summed E-state index contributed by atoms with van der Waals surface area (Å²) in [6, 6.07) is 13.0. The van der Waals surface area contributed by atoms with E-state index in [9.17, 15) is 4.39 Å². The Kier molecular flexibility index (Phi) is 7.09. The summed E-state index contributed by atoms with van der Waals surface area (Å²) >= 11 is 0. The number of fused-ring (bicyclic) bond motifs is 1. The van der Waals surface area contributed by atoms with Crippen LogP contribution in [0.4, 0.5) is 10.1 Å². The summed E-state index contributed by atoms with van der Waals surface area (Å²) in [4.78, 5) is 6.61. The van der Waals surface area contributed by atoms with E-state index in [1.807, 2.05) is 48.2 Å². The molecule has 2 aliphatic rings. The van der Waals surface area contributed by atoms with Crippen molar-refractivity contribution < 1.29 is 18.6 Å². The predicted octanol–water partition coefficient (Wildman–Crippen LogP) is 2.56. The van der Waals surface area contributed by atoms with Gasteiger partial charge in [-0.3, -0.25) is 0 Å². The number of rotatable bonds is 6. The van der Waals surface area contributed by atoms with Crippen molar-refractivity contribution in [1.82, 2.24) is 10.6 Å². The van der Waals surface area contributed by atoms with E-state index in [4.69, 9.17) is 14.2 Å². The fraction of sp³-hybridized carbons (Fsp3) is 0.435. The largest absolute Gasteiger partial charge is 0.486 e. The first-order valence-electron chi connectivity index (χ1n) is 10.7. The Labute approximate surface area is 182 Å². The summed E-state index contributed by atoms with van der Waals surface area (Å²) in [6.07, 6.45) is -0.121. The summed E-state index contributed by atoms with van der Waals surface area (Å²) in [7, 11) is 0. The van der Waals surface area contributed by atoms with E-state index in [1.165, 1.54) is 0 Å². The molecule has 0 spiro atoms. The van der Waals surface area contributed by atoms with Gasteiger partial charge >= 0.3 is 0 Å². The maximum atomic E-state index is 14.6. The number of hydrogen-bond donors (Lipinski definition) is 2. The highest BCUT2D eigenvalue weighted by molar-refractivity contribution is 5.79. The van der Waals surface area contributed by atoms with Gasteiger partial charge in [0.1, 0.15) is 18.5 Å². The Morgan fingerprint density at radius 3 is 2.71 bits per heavy atom. The van der Waals surface area contributed by atoms with Gasteiger partial charge < -0.3 is 29.7 Å². The first kappa shape index (κ1) is 21.2. The van der Waals surface area contributed by atoms with Gasteiger partial charge in [-0.15, -0.1) is 0 Å². The molecule has 4 rings (SSSR count). The Morgan fingerprint density at radius 2 is 1.94 bits per heavy atom. The number of nitrogens with one attached hydrogen (secondary N) is 2. The van der Waals surface area contributed by atoms with Crippen molar-refractivity contribution in [2.24, 2.45) is 4.99 Å². The number of aliphatic imine (C=N–C) groups is 1. The van der Waals surface area contributed by atoms with Crippen LogP contribution in [0.15, 0.2) is 47.5 Å². The van der Waals surface area contributed by atoms with Crippen LogP contribution in [-0.4, -0.2) is 58.1 Å². The van der Waals surface area contributed by atoms with Gasteiger partial charge in [0.15, 0.2) is 17.5 Å². The van der Waals surface area contributed by atoms with Gasteiger partial charge in [0.05, 0.1) is 32.0 Å². The molecule has 1 unspecified atom stereocenters. The highest BCUT2D eigenvalue weighted by Crippen LogP contribution is 2.30. The minimum Gasteiger partial charge on any atom is -0.486 e. The maximum Gasteiger partial charge on any atom is 0.191 e. The van der Waals surface area contributed by atoms with E-state index < -0.39 is 0 Å². The van der Waals surface area contributed by atoms with Crippen LogP contribution in [0.25, 0.3) is 0 Å². The molecule has 166 valence electrons. The summed E-state index contributed by atoms with van der Waals surface area (Å²) in [5.41, 5.74) is 1.44. The zero-order chi connectivity index (χ0) is 21.5. The molecule has 2 heterocycles. The third kappa shape index (κ3) is 5.58. The molecule has 2 aromatic rings. The Hall–Kier alpha value is -3.00. The maximum absolute atomic E-state index is 14.6. The lowest BCUT2D eigenvalue weighted by atomic mass is 10.1. The van der Waals surface area contributed by atoms with Gasteiger partial charge in [-0.2, -0.15) is 0 Å². The minimum atomic E-state index is -0.223. The Morgan fingerprint density at radius 1 is 1.13 bits per heavy atom. The van der Waals surface area contributed by atoms with Gasteiger partial charge in [-0.05, 0) is 36.8 Å². The number of nitrogens with zero attached hydrogens (tertiary/aromatic N) is 2. The number of morpholine rings is 1. The van der Waals surface area contributed by atoms with Crippen LogP contribution >= 0.6 is 0 Å². The summed E-state index contributed by atoms with van der Waals surface area (Å²) in [5, 5.41) is 6.50. The number of guanidine groups is 1. The van der Waals surface area contributed by atoms with Crippen molar-refractivity contribution in [3.63, 3.8) is 0 Å². The molecule has 31 heavy (non-hydrogen) atoms. The third-order valence-corrected chi connectivity index (χ3v) is 5.19. The van der Waals surface area contributed by atoms with Gasteiger partial charge in [0.2, 0.25) is 0 Å². The second kappa shape index (κ2) is 10.3. The summed E-state index contributed by atoms with van der Waals surface area (Å²) in [5.74, 6) is 1.95. The quantitative estimate of drug-likeness (QED) is 0.545. The van der Waals surface area contributed by atoms with E-state index in [2.05, 4.69) is 15.6 Å². The van der Waals surface area contributed by atoms with E-state index >= 15 is 0 Å². The molecule has 8 heteroatoms. The normalized spacial score (nSPS) is 18.6. The Bertz CT molecular complexity index is 902. The molecular weight excluding hydrogens is 399 g/mol. The number of anilines is 1. The fourth-order valence-corrected chi connectivity index (χ4v) is 3.60. The molecule has 0 saturated carbocycles. The van der Waals surface area contributed by atoms with Crippen molar-refractivity contribution in [2.75, 3.05) is 50.9 Å². The van der Waals surface area contributed by atoms with Crippen LogP contribution in [0.2, 0.25) is 0 Å². The highest BCUT2D eigenvalue weighted by Gasteiger charge is 2.20. The lowest BCUT2D eigenvalue weighted by Crippen LogP contribution is -2.45. The zero-order valence-corrected chi connectivity index (χ0v) is 17.8. The number of para-hydroxylation sites is 2. The second-order valence-electron chi connectivity index (χ2n) is 7.46. The first-order chi connectivity index (χ1) is 15.2. The van der Waals surface area contributed by atoms with Crippen molar-refractivity contribution in [3.05, 3.63) is 53.8 Å². The van der Waals surface area contributed by atoms with Crippen LogP contribution in [0.1, 0.15) is 12.5 Å². The number of ether oxygens (including phenoxy) is 3. The van der Waals surface area contributed by atoms with Crippen molar-refractivity contribution in [3.8, 4) is 11.5 Å². The molecule has 2 N–H and O–H groups in total. The molecule has 0 aromatic heterocycles. The molecular formula is C23H29FN4O3. The number of halogens is 1. The van der Waals surface area contributed by atoms with E-state index in [0.29, 0.717) is 57.6 Å². The standard InChI is InChI=1S/C23H29FN4O3/c1-2-25-23(27-15-18-16-30-21-5-3-4-6-22(21)31-18)26-14-17-7-8-20(19(24)13-17)28-9-11-29-12-10-28/h3-8,13,18H,2,9-12,14-16H2,1H3,(H2,25,26,27). The molecule has 0 radical (unpaired) electrons. The lowest BCUT2D eigenvalue weighted by molar-refractivity contribution is 0.0936. The smallest absolute Gasteiger partial charge is 0.191 e. The number of benzene rings is 2. The van der Waals surface area contributed by atoms with Crippen LogP contribution in [0.5, 0.6) is 11.5 Å². The highest BCUT2D eigenvalue weighted by atomic mass is 19.1. The van der Waals surface area contributed by atoms with Crippen LogP contribution < -0.4 is 25.0 Å². The molecule has 2 aliphatic heterocycles. The van der Waals surface area contributed by atoms with Crippen LogP contribution in [0, 0.1) is 5.82 Å². The number of hydrogen-bond acceptors (Lipinski definition) is 5. The second-order valence-corrected chi connectivity index (χ2v) is 7.46. The van der Waals surface area contributed by atoms with Gasteiger partial charge in [-0.1, -0.05) is 18.2 Å². The topological polar surface area (TPSA) is 67.4 Å². The van der Waals surface area contributed by atoms with E-state index in [-0.39, 0.29) is 11.9 Å². The van der Waals surface area contributed by atoms with E-state index in [0.717, 1.165) is 23.6 Å². The molecule has 2 aromatic carbocycles. The molecule has 0 bridgehead atoms. The van der Waals surface area contributed by atoms with Crippen molar-refractivity contribution in [1.29, 1.82) is 0 Å². The van der Waals surface area contributed by atoms with Gasteiger partial charge in [0.25, 0.3) is 0 Å². The first-order valence-corrected chi connectivity index (χ1v) is 10.7. The van der Waals surface area contributed by atoms with Gasteiger partial charge in [0, 0.05) is 19.6 Å². The average molecular weight is 429 g/mol. The third-order valence-electron chi connectivity index (χ3n) is 5.19. The Balaban J connectivity index is 1.34.